The van der Waals surface area contributed by atoms with Gasteiger partial charge >= 0.3 is 0 Å². The van der Waals surface area contributed by atoms with Crippen molar-refractivity contribution in [2.75, 3.05) is 56.1 Å². The van der Waals surface area contributed by atoms with Crippen molar-refractivity contribution in [1.82, 2.24) is 49.7 Å². The molecule has 0 aliphatic carbocycles. The average molecular weight is 971 g/mol. The van der Waals surface area contributed by atoms with Gasteiger partial charge in [0.2, 0.25) is 0 Å². The molecule has 366 valence electrons. The van der Waals surface area contributed by atoms with Crippen molar-refractivity contribution in [2.45, 2.75) is 75.0 Å². The van der Waals surface area contributed by atoms with E-state index in [4.69, 9.17) is 9.97 Å². The summed E-state index contributed by atoms with van der Waals surface area (Å²) < 4.78 is 90.2. The van der Waals surface area contributed by atoms with Crippen molar-refractivity contribution in [2.24, 2.45) is 0 Å². The fourth-order valence-electron chi connectivity index (χ4n) is 10.7. The minimum Gasteiger partial charge on any atom is -0.346 e. The molecular formula is C53H52F6N12. The minimum absolute atomic E-state index is 0.0579. The van der Waals surface area contributed by atoms with Crippen LogP contribution in [-0.4, -0.2) is 103 Å². The molecule has 4 saturated heterocycles. The van der Waals surface area contributed by atoms with Gasteiger partial charge in [-0.15, -0.1) is 0 Å². The summed E-state index contributed by atoms with van der Waals surface area (Å²) in [4.78, 5) is 24.4. The number of rotatable bonds is 8. The maximum Gasteiger partial charge on any atom is 0.130 e. The molecule has 0 spiro atoms. The second kappa shape index (κ2) is 19.7. The van der Waals surface area contributed by atoms with E-state index in [0.29, 0.717) is 45.8 Å². The highest BCUT2D eigenvalue weighted by Gasteiger charge is 2.38. The zero-order valence-electron chi connectivity index (χ0n) is 39.0. The number of anilines is 2. The van der Waals surface area contributed by atoms with E-state index in [1.807, 2.05) is 52.2 Å². The normalized spacial score (nSPS) is 21.3. The van der Waals surface area contributed by atoms with Crippen LogP contribution in [0.4, 0.5) is 38.0 Å². The summed E-state index contributed by atoms with van der Waals surface area (Å²) in [5.41, 5.74) is 6.63. The highest BCUT2D eigenvalue weighted by molar-refractivity contribution is 5.93. The van der Waals surface area contributed by atoms with Crippen molar-refractivity contribution >= 4 is 33.7 Å². The summed E-state index contributed by atoms with van der Waals surface area (Å²) in [5.74, 6) is -1.19. The number of nitrogens with zero attached hydrogens (tertiary/aromatic N) is 11. The molecule has 4 fully saturated rings. The Morgan fingerprint density at radius 2 is 1.03 bits per heavy atom. The Balaban J connectivity index is 0.000000154. The molecule has 6 aromatic heterocycles. The molecule has 1 N–H and O–H groups in total. The first-order chi connectivity index (χ1) is 34.5. The van der Waals surface area contributed by atoms with E-state index < -0.39 is 47.7 Å². The van der Waals surface area contributed by atoms with Gasteiger partial charge < -0.3 is 20.0 Å². The van der Waals surface area contributed by atoms with Gasteiger partial charge in [0.15, 0.2) is 0 Å². The lowest BCUT2D eigenvalue weighted by Crippen LogP contribution is -2.31. The third-order valence-electron chi connectivity index (χ3n) is 14.4. The van der Waals surface area contributed by atoms with Gasteiger partial charge in [0, 0.05) is 71.0 Å². The molecule has 0 amide bonds. The molecule has 4 atom stereocenters. The molecule has 4 aliphatic rings. The predicted octanol–water partition coefficient (Wildman–Crippen LogP) is 10.3. The van der Waals surface area contributed by atoms with Crippen LogP contribution in [0, 0.1) is 23.3 Å². The zero-order chi connectivity index (χ0) is 48.8. The Kier molecular flexibility index (Phi) is 12.9. The summed E-state index contributed by atoms with van der Waals surface area (Å²) in [6.07, 6.45) is 13.2. The maximum absolute atomic E-state index is 14.6. The lowest BCUT2D eigenvalue weighted by Gasteiger charge is -2.29. The number of pyridine rings is 4. The smallest absolute Gasteiger partial charge is 0.130 e. The molecule has 8 aromatic rings. The monoisotopic (exact) mass is 970 g/mol. The van der Waals surface area contributed by atoms with E-state index in [1.54, 1.807) is 34.3 Å². The molecule has 4 aliphatic heterocycles. The summed E-state index contributed by atoms with van der Waals surface area (Å²) in [6, 6.07) is 17.1. The molecule has 71 heavy (non-hydrogen) atoms. The summed E-state index contributed by atoms with van der Waals surface area (Å²) >= 11 is 0. The van der Waals surface area contributed by atoms with Gasteiger partial charge in [-0.05, 0) is 132 Å². The van der Waals surface area contributed by atoms with Crippen molar-refractivity contribution < 1.29 is 26.3 Å². The maximum atomic E-state index is 14.6. The van der Waals surface area contributed by atoms with Crippen LogP contribution in [0.2, 0.25) is 0 Å². The molecule has 0 radical (unpaired) electrons. The lowest BCUT2D eigenvalue weighted by atomic mass is 10.0. The number of aromatic nitrogens is 8. The molecule has 2 aromatic carbocycles. The summed E-state index contributed by atoms with van der Waals surface area (Å²) in [7, 11) is 2.13. The van der Waals surface area contributed by atoms with Gasteiger partial charge in [0.05, 0.1) is 71.7 Å². The quantitative estimate of drug-likeness (QED) is 0.148. The fraction of sp³-hybridized carbons (Fsp3) is 0.358. The topological polar surface area (TPSA) is 109 Å². The van der Waals surface area contributed by atoms with Crippen molar-refractivity contribution in [1.29, 1.82) is 0 Å². The van der Waals surface area contributed by atoms with E-state index in [2.05, 4.69) is 43.6 Å². The Morgan fingerprint density at radius 1 is 0.563 bits per heavy atom. The Bertz CT molecular complexity index is 3190. The Hall–Kier alpha value is -6.92. The highest BCUT2D eigenvalue weighted by atomic mass is 19.2. The number of alkyl halides is 2. The number of nitrogens with one attached hydrogen (secondary N) is 1. The SMILES string of the molecule is CN1CCC(n2cc(-c3ccnc4ccc(N5C[C@@H](F)C[C@@H]5c5cc(F)ccc5F)nc34)cn2)CC1.Fc1ccc(F)c([C@H]2C[C@H](F)CN2c2ccc3nccc(-c4cnn(C5CCNCC5)c4)c3n2)c1. The van der Waals surface area contributed by atoms with Crippen LogP contribution in [0.1, 0.15) is 73.8 Å². The minimum atomic E-state index is -1.17. The molecule has 18 heteroatoms. The zero-order valence-corrected chi connectivity index (χ0v) is 39.0. The number of hydrogen-bond donors (Lipinski definition) is 1. The highest BCUT2D eigenvalue weighted by Crippen LogP contribution is 2.41. The third-order valence-corrected chi connectivity index (χ3v) is 14.4. The number of halogens is 6. The van der Waals surface area contributed by atoms with E-state index in [1.165, 1.54) is 0 Å². The Morgan fingerprint density at radius 3 is 1.51 bits per heavy atom. The van der Waals surface area contributed by atoms with E-state index in [0.717, 1.165) is 111 Å². The van der Waals surface area contributed by atoms with Gasteiger partial charge in [0.1, 0.15) is 47.2 Å². The number of likely N-dealkylation sites (tertiary alicyclic amines) is 1. The van der Waals surface area contributed by atoms with Crippen LogP contribution >= 0.6 is 0 Å². The number of piperidine rings is 2. The average Bonchev–Trinajstić information content (AvgIpc) is 4.23. The van der Waals surface area contributed by atoms with E-state index in [-0.39, 0.29) is 37.1 Å². The third kappa shape index (κ3) is 9.54. The van der Waals surface area contributed by atoms with Crippen LogP contribution in [0.5, 0.6) is 0 Å². The van der Waals surface area contributed by atoms with Gasteiger partial charge in [-0.25, -0.2) is 36.3 Å². The Labute approximate surface area is 406 Å². The fourth-order valence-corrected chi connectivity index (χ4v) is 10.7. The largest absolute Gasteiger partial charge is 0.346 e. The van der Waals surface area contributed by atoms with Crippen LogP contribution < -0.4 is 15.1 Å². The van der Waals surface area contributed by atoms with Gasteiger partial charge in [0.25, 0.3) is 0 Å². The van der Waals surface area contributed by atoms with Crippen LogP contribution in [-0.2, 0) is 0 Å². The van der Waals surface area contributed by atoms with Crippen LogP contribution in [0.25, 0.3) is 44.3 Å². The first kappa shape index (κ1) is 46.5. The number of benzene rings is 2. The molecular weight excluding hydrogens is 919 g/mol. The van der Waals surface area contributed by atoms with E-state index >= 15 is 0 Å². The molecule has 0 saturated carbocycles. The van der Waals surface area contributed by atoms with Gasteiger partial charge in [-0.3, -0.25) is 19.3 Å². The molecule has 12 rings (SSSR count). The van der Waals surface area contributed by atoms with Crippen molar-refractivity contribution in [3.05, 3.63) is 144 Å². The lowest BCUT2D eigenvalue weighted by molar-refractivity contribution is 0.212. The number of fused-ring (bicyclic) bond motifs is 2. The molecule has 0 unspecified atom stereocenters. The van der Waals surface area contributed by atoms with Crippen LogP contribution in [0.3, 0.4) is 0 Å². The standard InChI is InChI=1S/C27H27F3N6.C26H25F3N6/c1-34-10-7-20(8-11-34)36-15-17(14-32-36)21-6-9-31-24-4-5-26(33-27(21)24)35-16-19(29)13-25(35)22-12-18(28)2-3-23(22)30;27-17-1-2-22(29)21(11-17)24-12-18(28)15-34(24)25-4-3-23-26(33-25)20(7-10-31-23)16-13-32-35(14-16)19-5-8-30-9-6-19/h2-6,9,12,14-15,19-20,25H,7-8,10-11,13,16H2,1H3;1-4,7,10-11,13-14,18-19,24,30H,5-6,8-9,12,15H2/t19-,25+;18-,24+/m00/s1. The molecule has 10 heterocycles. The second-order valence-electron chi connectivity index (χ2n) is 19.1. The van der Waals surface area contributed by atoms with Crippen molar-refractivity contribution in [3.8, 4) is 22.3 Å². The van der Waals surface area contributed by atoms with E-state index in [9.17, 15) is 26.3 Å². The first-order valence-corrected chi connectivity index (χ1v) is 24.2. The summed E-state index contributed by atoms with van der Waals surface area (Å²) in [5, 5.41) is 12.6. The predicted molar refractivity (Wildman–Crippen MR) is 260 cm³/mol. The molecule has 0 bridgehead atoms. The van der Waals surface area contributed by atoms with Gasteiger partial charge in [-0.1, -0.05) is 0 Å². The van der Waals surface area contributed by atoms with Gasteiger partial charge in [-0.2, -0.15) is 10.2 Å². The van der Waals surface area contributed by atoms with Crippen LogP contribution in [0.15, 0.2) is 110 Å². The number of hydrogen-bond acceptors (Lipinski definition) is 10. The van der Waals surface area contributed by atoms with Crippen molar-refractivity contribution in [3.63, 3.8) is 0 Å². The second-order valence-corrected chi connectivity index (χ2v) is 19.1. The molecule has 12 nitrogen and oxygen atoms in total. The first-order valence-electron chi connectivity index (χ1n) is 24.2. The summed E-state index contributed by atoms with van der Waals surface area (Å²) in [6.45, 7) is 4.15.